The molecule has 5 N–H and O–H groups in total. The van der Waals surface area contributed by atoms with Crippen molar-refractivity contribution >= 4 is 55.9 Å². The average Bonchev–Trinajstić information content (AvgIpc) is 2.83. The molecule has 1 heterocycles. The number of fused-ring (bicyclic) bond motifs is 1. The van der Waals surface area contributed by atoms with Crippen molar-refractivity contribution in [2.45, 2.75) is 22.5 Å². The van der Waals surface area contributed by atoms with Gasteiger partial charge in [0.25, 0.3) is 10.0 Å². The van der Waals surface area contributed by atoms with Gasteiger partial charge in [-0.25, -0.2) is 0 Å². The van der Waals surface area contributed by atoms with E-state index >= 15 is 0 Å². The average molecular weight is 528 g/mol. The van der Waals surface area contributed by atoms with Crippen molar-refractivity contribution in [1.82, 2.24) is 10.4 Å². The number of hydrazine groups is 1. The number of para-hydroxylation sites is 2. The van der Waals surface area contributed by atoms with Gasteiger partial charge in [0.2, 0.25) is 11.5 Å². The molecule has 0 saturated carbocycles. The minimum absolute atomic E-state index is 0.0250. The second-order valence-electron chi connectivity index (χ2n) is 7.61. The number of sulfonamides is 1. The lowest BCUT2D eigenvalue weighted by atomic mass is 10.1. The Morgan fingerprint density at radius 3 is 2.57 bits per heavy atom. The van der Waals surface area contributed by atoms with Crippen LogP contribution in [0.4, 0.5) is 5.69 Å². The first-order chi connectivity index (χ1) is 16.7. The Balaban J connectivity index is 1.63. The van der Waals surface area contributed by atoms with E-state index in [-0.39, 0.29) is 16.4 Å². The van der Waals surface area contributed by atoms with Crippen LogP contribution < -0.4 is 22.1 Å². The van der Waals surface area contributed by atoms with Crippen LogP contribution in [-0.4, -0.2) is 19.4 Å². The summed E-state index contributed by atoms with van der Waals surface area (Å²) in [7, 11) is -4.18. The van der Waals surface area contributed by atoms with Gasteiger partial charge in [-0.2, -0.15) is 8.42 Å². The van der Waals surface area contributed by atoms with Crippen molar-refractivity contribution in [2.24, 2.45) is 10.1 Å². The molecule has 11 heteroatoms. The molecule has 4 rings (SSSR count). The topological polar surface area (TPSA) is 129 Å². The number of thioether (sulfide) groups is 1. The van der Waals surface area contributed by atoms with E-state index in [9.17, 15) is 13.2 Å². The van der Waals surface area contributed by atoms with Crippen LogP contribution in [0.1, 0.15) is 11.1 Å². The Hall–Kier alpha value is -3.47. The number of pyridine rings is 1. The van der Waals surface area contributed by atoms with Crippen molar-refractivity contribution in [3.63, 3.8) is 0 Å². The number of hydrogen-bond acceptors (Lipinski definition) is 5. The van der Waals surface area contributed by atoms with Gasteiger partial charge in [-0.05, 0) is 48.4 Å². The van der Waals surface area contributed by atoms with Gasteiger partial charge in [-0.3, -0.25) is 15.6 Å². The molecule has 0 saturated heterocycles. The maximum Gasteiger partial charge on any atom is 0.286 e. The molecule has 0 aliphatic carbocycles. The van der Waals surface area contributed by atoms with Crippen LogP contribution in [0, 0.1) is 6.92 Å². The number of aryl methyl sites for hydroxylation is 1. The predicted octanol–water partition coefficient (Wildman–Crippen LogP) is 4.40. The van der Waals surface area contributed by atoms with E-state index in [1.165, 1.54) is 23.9 Å². The van der Waals surface area contributed by atoms with Crippen LogP contribution in [0.5, 0.6) is 0 Å². The van der Waals surface area contributed by atoms with Crippen LogP contribution in [-0.2, 0) is 15.8 Å². The summed E-state index contributed by atoms with van der Waals surface area (Å²) in [4.78, 5) is 15.3. The molecule has 1 aromatic heterocycles. The fraction of sp³-hybridized carbons (Fsp3) is 0.0833. The molecule has 0 bridgehead atoms. The van der Waals surface area contributed by atoms with E-state index in [1.807, 2.05) is 42.5 Å². The highest BCUT2D eigenvalue weighted by molar-refractivity contribution is 7.99. The van der Waals surface area contributed by atoms with Gasteiger partial charge in [-0.1, -0.05) is 48.0 Å². The van der Waals surface area contributed by atoms with Gasteiger partial charge in [0.15, 0.2) is 0 Å². The van der Waals surface area contributed by atoms with Crippen molar-refractivity contribution in [2.75, 3.05) is 5.43 Å². The van der Waals surface area contributed by atoms with Gasteiger partial charge in [0.1, 0.15) is 4.90 Å². The second-order valence-corrected chi connectivity index (χ2v) is 10.6. The zero-order valence-corrected chi connectivity index (χ0v) is 21.0. The number of aromatic nitrogens is 1. The summed E-state index contributed by atoms with van der Waals surface area (Å²) in [5, 5.41) is 1.30. The van der Waals surface area contributed by atoms with Crippen LogP contribution >= 0.6 is 23.4 Å². The second kappa shape index (κ2) is 10.4. The van der Waals surface area contributed by atoms with E-state index in [4.69, 9.17) is 17.3 Å². The van der Waals surface area contributed by atoms with Gasteiger partial charge in [-0.15, -0.1) is 16.2 Å². The Bertz CT molecular complexity index is 1570. The number of rotatable bonds is 7. The summed E-state index contributed by atoms with van der Waals surface area (Å²) in [6.07, 6.45) is 0. The number of benzene rings is 3. The Morgan fingerprint density at radius 2 is 1.80 bits per heavy atom. The molecule has 0 atom stereocenters. The lowest BCUT2D eigenvalue weighted by molar-refractivity contribution is 0.595. The number of H-pyrrole nitrogens is 1. The monoisotopic (exact) mass is 527 g/mol. The Morgan fingerprint density at radius 1 is 1.09 bits per heavy atom. The number of anilines is 1. The van der Waals surface area contributed by atoms with Crippen molar-refractivity contribution in [3.05, 3.63) is 99.3 Å². The molecule has 0 aliphatic rings. The van der Waals surface area contributed by atoms with Crippen molar-refractivity contribution < 1.29 is 8.42 Å². The van der Waals surface area contributed by atoms with E-state index in [0.29, 0.717) is 32.4 Å². The van der Waals surface area contributed by atoms with E-state index in [0.717, 1.165) is 10.9 Å². The maximum atomic E-state index is 13.2. The van der Waals surface area contributed by atoms with E-state index < -0.39 is 10.0 Å². The van der Waals surface area contributed by atoms with E-state index in [1.54, 1.807) is 25.1 Å². The van der Waals surface area contributed by atoms with E-state index in [2.05, 4.69) is 20.2 Å². The highest BCUT2D eigenvalue weighted by Crippen LogP contribution is 2.35. The molecular weight excluding hydrogens is 506 g/mol. The summed E-state index contributed by atoms with van der Waals surface area (Å²) in [5.41, 5.74) is 13.7. The molecule has 180 valence electrons. The number of nitrogens with one attached hydrogen (secondary N) is 3. The van der Waals surface area contributed by atoms with Crippen LogP contribution in [0.25, 0.3) is 10.9 Å². The fourth-order valence-electron chi connectivity index (χ4n) is 3.36. The van der Waals surface area contributed by atoms with Gasteiger partial charge < -0.3 is 10.7 Å². The predicted molar refractivity (Wildman–Crippen MR) is 142 cm³/mol. The summed E-state index contributed by atoms with van der Waals surface area (Å²) in [6, 6.07) is 21.0. The van der Waals surface area contributed by atoms with Crippen molar-refractivity contribution in [3.8, 4) is 0 Å². The highest BCUT2D eigenvalue weighted by atomic mass is 35.5. The molecule has 0 radical (unpaired) electrons. The zero-order chi connectivity index (χ0) is 25.0. The number of aromatic amines is 1. The largest absolute Gasteiger partial charge is 0.368 e. The summed E-state index contributed by atoms with van der Waals surface area (Å²) < 4.78 is 30.1. The molecule has 0 aliphatic heterocycles. The summed E-state index contributed by atoms with van der Waals surface area (Å²) in [5.74, 6) is 0.0253. The molecule has 8 nitrogen and oxygen atoms in total. The third-order valence-corrected chi connectivity index (χ3v) is 8.02. The first-order valence-electron chi connectivity index (χ1n) is 10.4. The lowest BCUT2D eigenvalue weighted by Gasteiger charge is -2.13. The van der Waals surface area contributed by atoms with Gasteiger partial charge >= 0.3 is 0 Å². The first kappa shape index (κ1) is 24.6. The highest BCUT2D eigenvalue weighted by Gasteiger charge is 2.21. The molecule has 0 fully saturated rings. The standard InChI is InChI=1S/C24H22ClN5O3S2/c1-15-11-22(35(32,33)30-24(26)29-28-17-7-3-2-4-8-17)21(13-19(15)25)34-14-16-12-23(31)27-20-10-6-5-9-18(16)20/h2-13,28H,14H2,1H3,(H,27,31)(H3,26,29,30). The molecule has 3 aromatic carbocycles. The quantitative estimate of drug-likeness (QED) is 0.121. The lowest BCUT2D eigenvalue weighted by Crippen LogP contribution is -2.36. The number of guanidine groups is 1. The number of nitrogens with two attached hydrogens (primary N) is 1. The third-order valence-electron chi connectivity index (χ3n) is 5.05. The number of nitrogens with zero attached hydrogens (tertiary/aromatic N) is 1. The Kier molecular flexibility index (Phi) is 7.34. The molecule has 35 heavy (non-hydrogen) atoms. The first-order valence-corrected chi connectivity index (χ1v) is 13.2. The third kappa shape index (κ3) is 5.97. The molecule has 0 unspecified atom stereocenters. The summed E-state index contributed by atoms with van der Waals surface area (Å²) in [6.45, 7) is 1.71. The normalized spacial score (nSPS) is 12.0. The minimum Gasteiger partial charge on any atom is -0.368 e. The number of halogens is 1. The number of hydrogen-bond donors (Lipinski definition) is 4. The summed E-state index contributed by atoms with van der Waals surface area (Å²) >= 11 is 7.56. The maximum absolute atomic E-state index is 13.2. The molecular formula is C24H22ClN5O3S2. The smallest absolute Gasteiger partial charge is 0.286 e. The fourth-order valence-corrected chi connectivity index (χ4v) is 6.08. The minimum atomic E-state index is -4.18. The van der Waals surface area contributed by atoms with Crippen LogP contribution in [0.15, 0.2) is 91.8 Å². The molecule has 4 aromatic rings. The van der Waals surface area contributed by atoms with Gasteiger partial charge in [0, 0.05) is 32.6 Å². The van der Waals surface area contributed by atoms with Crippen LogP contribution in [0.2, 0.25) is 5.02 Å². The molecule has 0 spiro atoms. The Labute approximate surface area is 211 Å². The SMILES string of the molecule is Cc1cc(S(=O)(=O)/N=C(/N)NNc2ccccc2)c(SCc2cc(=O)[nH]c3ccccc23)cc1Cl. The van der Waals surface area contributed by atoms with Crippen LogP contribution in [0.3, 0.4) is 0 Å². The molecule has 0 amide bonds. The van der Waals surface area contributed by atoms with Crippen molar-refractivity contribution in [1.29, 1.82) is 0 Å². The van der Waals surface area contributed by atoms with Gasteiger partial charge in [0.05, 0.1) is 5.69 Å². The zero-order valence-electron chi connectivity index (χ0n) is 18.6.